The van der Waals surface area contributed by atoms with Gasteiger partial charge >= 0.3 is 0 Å². The largest absolute Gasteiger partial charge is 0.481 e. The summed E-state index contributed by atoms with van der Waals surface area (Å²) in [7, 11) is 0. The third kappa shape index (κ3) is 22.6. The summed E-state index contributed by atoms with van der Waals surface area (Å²) in [5.41, 5.74) is 12.6. The zero-order valence-electron chi connectivity index (χ0n) is 45.5. The summed E-state index contributed by atoms with van der Waals surface area (Å²) in [4.78, 5) is 49.6. The molecule has 0 spiro atoms. The van der Waals surface area contributed by atoms with Crippen LogP contribution in [0, 0.1) is 0 Å². The van der Waals surface area contributed by atoms with E-state index in [1.165, 1.54) is 64.1 Å². The quantitative estimate of drug-likeness (QED) is 0.0145. The van der Waals surface area contributed by atoms with Gasteiger partial charge in [0.05, 0.1) is 24.3 Å². The van der Waals surface area contributed by atoms with Crippen LogP contribution in [0.3, 0.4) is 0 Å². The van der Waals surface area contributed by atoms with Gasteiger partial charge in [-0.15, -0.1) is 0 Å². The lowest BCUT2D eigenvalue weighted by molar-refractivity contribution is -0.134. The second kappa shape index (κ2) is 36.8. The number of aromatic nitrogens is 5. The zero-order valence-corrected chi connectivity index (χ0v) is 50.3. The van der Waals surface area contributed by atoms with Crippen molar-refractivity contribution in [3.63, 3.8) is 0 Å². The number of guanidine groups is 1. The Balaban J connectivity index is 0.000000272. The molecule has 79 heavy (non-hydrogen) atoms. The Kier molecular flexibility index (Phi) is 31.7. The maximum Gasteiger partial charge on any atom is 0.300 e. The number of nitrogens with two attached hydrogens (primary N) is 2. The summed E-state index contributed by atoms with van der Waals surface area (Å²) >= 11 is 29.8. The number of aliphatic hydroxyl groups is 1. The summed E-state index contributed by atoms with van der Waals surface area (Å²) in [5, 5.41) is 25.5. The lowest BCUT2D eigenvalue weighted by Gasteiger charge is -2.30. The number of nitrogens with zero attached hydrogens (tertiary/aromatic N) is 7. The molecule has 2 amide bonds. The minimum absolute atomic E-state index is 0.218. The molecule has 4 aromatic carbocycles. The molecule has 0 fully saturated rings. The van der Waals surface area contributed by atoms with Gasteiger partial charge in [0.1, 0.15) is 24.6 Å². The number of carboxylic acids is 1. The Bertz CT molecular complexity index is 2790. The van der Waals surface area contributed by atoms with E-state index >= 15 is 0 Å². The molecule has 0 saturated carbocycles. The minimum Gasteiger partial charge on any atom is -0.481 e. The normalized spacial score (nSPS) is 12.7. The van der Waals surface area contributed by atoms with Gasteiger partial charge in [-0.05, 0) is 92.1 Å². The lowest BCUT2D eigenvalue weighted by atomic mass is 9.81. The number of aliphatic carboxylic acids is 1. The van der Waals surface area contributed by atoms with Crippen LogP contribution in [0.2, 0.25) is 20.1 Å². The molecule has 0 radical (unpaired) electrons. The number of carbonyl (C=O) groups excluding carboxylic acids is 2. The molecule has 2 aromatic heterocycles. The molecule has 7 rings (SSSR count). The number of halogens is 4. The van der Waals surface area contributed by atoms with Crippen LogP contribution in [0.5, 0.6) is 0 Å². The summed E-state index contributed by atoms with van der Waals surface area (Å²) in [5.74, 6) is -1.16. The van der Waals surface area contributed by atoms with Crippen molar-refractivity contribution in [1.29, 1.82) is 0 Å². The average molecular weight is 1200 g/mol. The highest BCUT2D eigenvalue weighted by molar-refractivity contribution is 8.09. The van der Waals surface area contributed by atoms with E-state index in [1.807, 2.05) is 28.9 Å². The molecular weight excluding hydrogens is 1130 g/mol. The molecule has 2 atom stereocenters. The molecule has 2 unspecified atom stereocenters. The topological polar surface area (TPSA) is 234 Å². The van der Waals surface area contributed by atoms with E-state index in [4.69, 9.17) is 88.6 Å². The van der Waals surface area contributed by atoms with Gasteiger partial charge in [0.15, 0.2) is 5.96 Å². The van der Waals surface area contributed by atoms with Crippen LogP contribution in [-0.2, 0) is 37.8 Å². The average Bonchev–Trinajstić information content (AvgIpc) is 4.16. The van der Waals surface area contributed by atoms with Crippen LogP contribution < -0.4 is 11.5 Å². The maximum atomic E-state index is 12.3. The summed E-state index contributed by atoms with van der Waals surface area (Å²) < 4.78 is 13.6. The number of fused-ring (bicyclic) bond motifs is 1. The Labute approximate surface area is 490 Å². The molecular formula is C57H74Cl4N9O7PS. The molecule has 428 valence electrons. The molecule has 0 saturated heterocycles. The number of amides is 2. The third-order valence-electron chi connectivity index (χ3n) is 11.8. The number of hydrogen-bond acceptors (Lipinski definition) is 12. The SMILES string of the molecule is CC(=O)O.CCCC(Cn1cncn1)c1ccc(Cl)cc1Cl.CCCCCCCCCCCCN=C(N)N.CCOP(=S)(OCC)N1C(=O)c2ccccc2C1=O.OC(c1ccc(Cl)cc1)(c1cncnc1)c1ccccc1Cl. The fraction of sp³-hybridized carbons (Fsp3) is 0.404. The molecule has 0 bridgehead atoms. The van der Waals surface area contributed by atoms with Crippen LogP contribution >= 0.6 is 53.0 Å². The Morgan fingerprint density at radius 2 is 1.24 bits per heavy atom. The van der Waals surface area contributed by atoms with Gasteiger partial charge < -0.3 is 30.7 Å². The Hall–Kier alpha value is -5.33. The third-order valence-corrected chi connectivity index (χ3v) is 16.1. The number of imide groups is 1. The van der Waals surface area contributed by atoms with Gasteiger partial charge in [0, 0.05) is 69.5 Å². The smallest absolute Gasteiger partial charge is 0.300 e. The van der Waals surface area contributed by atoms with Crippen molar-refractivity contribution in [1.82, 2.24) is 29.4 Å². The van der Waals surface area contributed by atoms with Crippen molar-refractivity contribution < 1.29 is 33.6 Å². The van der Waals surface area contributed by atoms with E-state index in [0.29, 0.717) is 48.8 Å². The number of aliphatic imine (C=N–C) groups is 1. The van der Waals surface area contributed by atoms with Gasteiger partial charge in [-0.25, -0.2) is 15.0 Å². The summed E-state index contributed by atoms with van der Waals surface area (Å²) in [6.07, 6.45) is 23.4. The van der Waals surface area contributed by atoms with Gasteiger partial charge in [0.2, 0.25) is 0 Å². The molecule has 3 heterocycles. The van der Waals surface area contributed by atoms with Crippen molar-refractivity contribution in [2.75, 3.05) is 19.8 Å². The Morgan fingerprint density at radius 3 is 1.73 bits per heavy atom. The van der Waals surface area contributed by atoms with E-state index in [9.17, 15) is 14.7 Å². The van der Waals surface area contributed by atoms with E-state index in [-0.39, 0.29) is 19.2 Å². The van der Waals surface area contributed by atoms with Crippen LogP contribution in [0.15, 0.2) is 127 Å². The first kappa shape index (κ1) is 67.9. The molecule has 6 aromatic rings. The number of benzene rings is 4. The van der Waals surface area contributed by atoms with E-state index in [2.05, 4.69) is 38.9 Å². The van der Waals surface area contributed by atoms with E-state index < -0.39 is 30.0 Å². The van der Waals surface area contributed by atoms with Crippen molar-refractivity contribution >= 4 is 88.6 Å². The van der Waals surface area contributed by atoms with Crippen molar-refractivity contribution in [2.45, 2.75) is 130 Å². The predicted molar refractivity (Wildman–Crippen MR) is 321 cm³/mol. The van der Waals surface area contributed by atoms with Gasteiger partial charge in [-0.1, -0.05) is 173 Å². The van der Waals surface area contributed by atoms with Crippen LogP contribution in [0.4, 0.5) is 0 Å². The first-order valence-corrected chi connectivity index (χ1v) is 30.4. The fourth-order valence-electron chi connectivity index (χ4n) is 8.17. The first-order valence-electron chi connectivity index (χ1n) is 26.3. The van der Waals surface area contributed by atoms with Crippen LogP contribution in [0.1, 0.15) is 161 Å². The first-order chi connectivity index (χ1) is 37.9. The monoisotopic (exact) mass is 1200 g/mol. The lowest BCUT2D eigenvalue weighted by Crippen LogP contribution is -2.29. The number of hydrogen-bond donors (Lipinski definition) is 4. The van der Waals surface area contributed by atoms with Crippen molar-refractivity contribution in [3.05, 3.63) is 176 Å². The van der Waals surface area contributed by atoms with Crippen molar-refractivity contribution in [2.24, 2.45) is 16.5 Å². The fourth-order valence-corrected chi connectivity index (χ4v) is 11.8. The highest BCUT2D eigenvalue weighted by atomic mass is 35.5. The number of carbonyl (C=O) groups is 3. The van der Waals surface area contributed by atoms with Crippen LogP contribution in [-0.4, -0.2) is 83.1 Å². The van der Waals surface area contributed by atoms with E-state index in [0.717, 1.165) is 54.5 Å². The number of rotatable bonds is 24. The zero-order chi connectivity index (χ0) is 58.2. The highest BCUT2D eigenvalue weighted by Gasteiger charge is 2.45. The molecule has 16 nitrogen and oxygen atoms in total. The standard InChI is InChI=1S/C17H12Cl2N2O.C13H15Cl2N3.C13H29N3.C12H14NO4PS.C2H4O2/c18-14-7-5-12(6-8-14)17(22,13-9-20-11-21-10-13)15-3-1-2-4-16(15)19;1-2-3-10(7-18-9-16-8-17-18)12-5-4-11(14)6-13(12)15;1-2-3-4-5-6-7-8-9-10-11-12-16-13(14)15;1-3-16-18(19,17-4-2)13-11(14)9-7-5-6-8-10(9)12(13)15;1-2(3)4/h1-11,22H;4-6,8-10H,2-3,7H2,1H3;2-12H2,1H3,(H4,14,15,16);5-8H,3-4H2,1-2H3;1H3,(H,3,4). The Morgan fingerprint density at radius 1 is 0.709 bits per heavy atom. The maximum absolute atomic E-state index is 12.3. The minimum atomic E-state index is -3.09. The van der Waals surface area contributed by atoms with E-state index in [1.54, 1.807) is 106 Å². The predicted octanol–water partition coefficient (Wildman–Crippen LogP) is 14.1. The summed E-state index contributed by atoms with van der Waals surface area (Å²) in [6.45, 7) is 8.05. The molecule has 22 heteroatoms. The van der Waals surface area contributed by atoms with Gasteiger partial charge in [0.25, 0.3) is 24.4 Å². The van der Waals surface area contributed by atoms with Crippen molar-refractivity contribution in [3.8, 4) is 0 Å². The highest BCUT2D eigenvalue weighted by Crippen LogP contribution is 2.55. The van der Waals surface area contributed by atoms with Gasteiger partial charge in [-0.3, -0.25) is 24.1 Å². The van der Waals surface area contributed by atoms with Crippen LogP contribution in [0.25, 0.3) is 0 Å². The molecule has 1 aliphatic heterocycles. The second-order valence-corrected chi connectivity index (χ2v) is 22.8. The molecule has 0 aliphatic carbocycles. The number of unbranched alkanes of at least 4 members (excludes halogenated alkanes) is 9. The second-order valence-electron chi connectivity index (χ2n) is 17.9. The summed E-state index contributed by atoms with van der Waals surface area (Å²) in [6, 6.07) is 26.4. The number of carboxylic acid groups (broad SMARTS) is 1. The van der Waals surface area contributed by atoms with Gasteiger partial charge in [-0.2, -0.15) is 9.77 Å². The molecule has 6 N–H and O–H groups in total. The molecule has 1 aliphatic rings.